The monoisotopic (exact) mass is 709 g/mol. The molecule has 0 heterocycles. The topological polar surface area (TPSA) is 235 Å². The number of unbranched alkanes of at least 4 members (excludes halogenated alkanes) is 1. The molecule has 280 valence electrons. The number of nitrogens with two attached hydrogens (primary N) is 2. The first-order valence-corrected chi connectivity index (χ1v) is 17.4. The Morgan fingerprint density at radius 2 is 1.00 bits per heavy atom. The minimum atomic E-state index is -1.24. The largest absolute Gasteiger partial charge is 0.480 e. The molecule has 0 spiro atoms. The van der Waals surface area contributed by atoms with E-state index in [1.165, 1.54) is 6.92 Å². The summed E-state index contributed by atoms with van der Waals surface area (Å²) >= 11 is 0. The van der Waals surface area contributed by atoms with Crippen LogP contribution < -0.4 is 38.1 Å². The van der Waals surface area contributed by atoms with Crippen LogP contribution in [0.3, 0.4) is 0 Å². The number of hydrogen-bond donors (Lipinski definition) is 8. The second kappa shape index (κ2) is 21.4. The number of carbonyl (C=O) groups is 6. The molecule has 14 nitrogen and oxygen atoms in total. The molecule has 6 unspecified atom stereocenters. The molecule has 2 aromatic rings. The fourth-order valence-corrected chi connectivity index (χ4v) is 5.24. The van der Waals surface area contributed by atoms with Crippen molar-refractivity contribution in [3.63, 3.8) is 0 Å². The molecule has 14 heteroatoms. The van der Waals surface area contributed by atoms with Crippen LogP contribution in [0.4, 0.5) is 0 Å². The van der Waals surface area contributed by atoms with Crippen LogP contribution in [0.25, 0.3) is 0 Å². The van der Waals surface area contributed by atoms with Gasteiger partial charge in [-0.2, -0.15) is 0 Å². The predicted molar refractivity (Wildman–Crippen MR) is 194 cm³/mol. The number of aliphatic carboxylic acids is 1. The maximum Gasteiger partial charge on any atom is 0.325 e. The van der Waals surface area contributed by atoms with E-state index < -0.39 is 77.7 Å². The Balaban J connectivity index is 2.31. The first-order chi connectivity index (χ1) is 24.1. The lowest BCUT2D eigenvalue weighted by Gasteiger charge is -2.29. The van der Waals surface area contributed by atoms with Crippen molar-refractivity contribution in [1.82, 2.24) is 26.6 Å². The molecule has 5 amide bonds. The van der Waals surface area contributed by atoms with Gasteiger partial charge in [0.05, 0.1) is 6.04 Å². The van der Waals surface area contributed by atoms with Crippen molar-refractivity contribution in [1.29, 1.82) is 0 Å². The summed E-state index contributed by atoms with van der Waals surface area (Å²) in [6.45, 7) is 8.78. The van der Waals surface area contributed by atoms with Gasteiger partial charge in [-0.15, -0.1) is 0 Å². The van der Waals surface area contributed by atoms with Gasteiger partial charge in [-0.1, -0.05) is 94.8 Å². The highest BCUT2D eigenvalue weighted by Crippen LogP contribution is 2.11. The molecule has 0 saturated carbocycles. The van der Waals surface area contributed by atoms with Crippen molar-refractivity contribution in [3.8, 4) is 0 Å². The number of carboxylic acid groups (broad SMARTS) is 1. The van der Waals surface area contributed by atoms with Gasteiger partial charge >= 0.3 is 5.97 Å². The maximum absolute atomic E-state index is 13.9. The van der Waals surface area contributed by atoms with Crippen molar-refractivity contribution in [2.75, 3.05) is 6.54 Å². The summed E-state index contributed by atoms with van der Waals surface area (Å²) in [5.41, 5.74) is 13.0. The van der Waals surface area contributed by atoms with E-state index in [1.54, 1.807) is 82.3 Å². The third-order valence-corrected chi connectivity index (χ3v) is 8.36. The van der Waals surface area contributed by atoms with Crippen LogP contribution in [-0.4, -0.2) is 83.4 Å². The lowest BCUT2D eigenvalue weighted by atomic mass is 9.98. The SMILES string of the molecule is CC(NC(=O)C(Cc1ccccc1)NC(=O)C(Cc1ccccc1)NC(=O)C(NC(=O)C(NC(=O)C(N)CCCCN)C(C)C)C(C)C)C(=O)O. The van der Waals surface area contributed by atoms with E-state index in [0.717, 1.165) is 11.1 Å². The molecule has 51 heavy (non-hydrogen) atoms. The number of benzene rings is 2. The molecule has 0 aliphatic rings. The van der Waals surface area contributed by atoms with Crippen LogP contribution in [0.2, 0.25) is 0 Å². The summed E-state index contributed by atoms with van der Waals surface area (Å²) in [4.78, 5) is 78.9. The zero-order valence-electron chi connectivity index (χ0n) is 30.2. The molecule has 0 aliphatic carbocycles. The molecule has 0 bridgehead atoms. The summed E-state index contributed by atoms with van der Waals surface area (Å²) in [5.74, 6) is -5.12. The second-order valence-corrected chi connectivity index (χ2v) is 13.4. The average Bonchev–Trinajstić information content (AvgIpc) is 3.09. The van der Waals surface area contributed by atoms with Crippen molar-refractivity contribution in [2.45, 2.75) is 103 Å². The van der Waals surface area contributed by atoms with Gasteiger partial charge in [0.25, 0.3) is 0 Å². The van der Waals surface area contributed by atoms with E-state index in [2.05, 4.69) is 26.6 Å². The number of amides is 5. The zero-order valence-corrected chi connectivity index (χ0v) is 30.2. The van der Waals surface area contributed by atoms with Gasteiger partial charge in [0.1, 0.15) is 30.2 Å². The standard InChI is InChI=1S/C37H55N7O7/c1-22(2)30(44-36(49)31(23(3)4)43-32(45)27(39)18-12-13-19-38)35(48)42-29(21-26-16-10-7-11-17-26)34(47)41-28(20-25-14-8-6-9-15-25)33(46)40-24(5)37(50)51/h6-11,14-17,22-24,27-31H,12-13,18-21,38-39H2,1-5H3,(H,40,46)(H,41,47)(H,42,48)(H,43,45)(H,44,49)(H,50,51). The molecule has 0 saturated heterocycles. The van der Waals surface area contributed by atoms with Crippen molar-refractivity contribution in [3.05, 3.63) is 71.8 Å². The number of rotatable bonds is 21. The van der Waals surface area contributed by atoms with Gasteiger partial charge in [0.2, 0.25) is 29.5 Å². The van der Waals surface area contributed by atoms with Crippen LogP contribution in [0.15, 0.2) is 60.7 Å². The van der Waals surface area contributed by atoms with Crippen molar-refractivity contribution in [2.24, 2.45) is 23.3 Å². The minimum Gasteiger partial charge on any atom is -0.480 e. The van der Waals surface area contributed by atoms with Crippen LogP contribution in [0, 0.1) is 11.8 Å². The van der Waals surface area contributed by atoms with Gasteiger partial charge < -0.3 is 43.2 Å². The van der Waals surface area contributed by atoms with Crippen molar-refractivity contribution >= 4 is 35.5 Å². The van der Waals surface area contributed by atoms with Crippen LogP contribution in [-0.2, 0) is 41.6 Å². The Morgan fingerprint density at radius 3 is 1.43 bits per heavy atom. The first-order valence-electron chi connectivity index (χ1n) is 17.4. The predicted octanol–water partition coefficient (Wildman–Crippen LogP) is 0.769. The van der Waals surface area contributed by atoms with Gasteiger partial charge in [-0.25, -0.2) is 0 Å². The molecule has 0 aliphatic heterocycles. The van der Waals surface area contributed by atoms with Crippen LogP contribution in [0.1, 0.15) is 65.0 Å². The second-order valence-electron chi connectivity index (χ2n) is 13.4. The summed E-state index contributed by atoms with van der Waals surface area (Å²) < 4.78 is 0. The van der Waals surface area contributed by atoms with E-state index in [1.807, 2.05) is 6.07 Å². The normalized spacial score (nSPS) is 14.7. The Kier molecular flexibility index (Phi) is 17.8. The highest BCUT2D eigenvalue weighted by molar-refractivity contribution is 5.96. The molecule has 0 aromatic heterocycles. The van der Waals surface area contributed by atoms with Crippen molar-refractivity contribution < 1.29 is 33.9 Å². The fraction of sp³-hybridized carbons (Fsp3) is 0.514. The quantitative estimate of drug-likeness (QED) is 0.0854. The number of hydrogen-bond acceptors (Lipinski definition) is 8. The Hall–Kier alpha value is -4.82. The lowest BCUT2D eigenvalue weighted by Crippen LogP contribution is -2.61. The minimum absolute atomic E-state index is 0.0507. The van der Waals surface area contributed by atoms with Crippen LogP contribution in [0.5, 0.6) is 0 Å². The number of nitrogens with one attached hydrogen (secondary N) is 5. The highest BCUT2D eigenvalue weighted by atomic mass is 16.4. The lowest BCUT2D eigenvalue weighted by molar-refractivity contribution is -0.141. The number of carbonyl (C=O) groups excluding carboxylic acids is 5. The molecule has 0 fully saturated rings. The molecular weight excluding hydrogens is 654 g/mol. The fourth-order valence-electron chi connectivity index (χ4n) is 5.24. The highest BCUT2D eigenvalue weighted by Gasteiger charge is 2.34. The number of carboxylic acids is 1. The molecule has 10 N–H and O–H groups in total. The summed E-state index contributed by atoms with van der Waals surface area (Å²) in [5, 5.41) is 22.7. The third kappa shape index (κ3) is 14.5. The molecular formula is C37H55N7O7. The average molecular weight is 710 g/mol. The molecule has 6 atom stereocenters. The van der Waals surface area contributed by atoms with E-state index in [4.69, 9.17) is 11.5 Å². The van der Waals surface area contributed by atoms with E-state index in [9.17, 15) is 33.9 Å². The molecule has 2 aromatic carbocycles. The molecule has 2 rings (SSSR count). The van der Waals surface area contributed by atoms with Gasteiger partial charge in [-0.05, 0) is 49.3 Å². The third-order valence-electron chi connectivity index (χ3n) is 8.36. The smallest absolute Gasteiger partial charge is 0.325 e. The molecule has 0 radical (unpaired) electrons. The van der Waals surface area contributed by atoms with E-state index in [-0.39, 0.29) is 18.8 Å². The summed E-state index contributed by atoms with van der Waals surface area (Å²) in [6, 6.07) is 11.4. The summed E-state index contributed by atoms with van der Waals surface area (Å²) in [7, 11) is 0. The van der Waals surface area contributed by atoms with E-state index in [0.29, 0.717) is 25.8 Å². The Morgan fingerprint density at radius 1 is 0.588 bits per heavy atom. The first kappa shape index (κ1) is 42.3. The van der Waals surface area contributed by atoms with Gasteiger partial charge in [0, 0.05) is 12.8 Å². The zero-order chi connectivity index (χ0) is 38.1. The van der Waals surface area contributed by atoms with Crippen LogP contribution >= 0.6 is 0 Å². The Labute approximate surface area is 300 Å². The van der Waals surface area contributed by atoms with Gasteiger partial charge in [-0.3, -0.25) is 28.8 Å². The maximum atomic E-state index is 13.9. The van der Waals surface area contributed by atoms with Gasteiger partial charge in [0.15, 0.2) is 0 Å². The Bertz CT molecular complexity index is 1440. The summed E-state index contributed by atoms with van der Waals surface area (Å²) in [6.07, 6.45) is 1.89. The van der Waals surface area contributed by atoms with E-state index >= 15 is 0 Å².